The van der Waals surface area contributed by atoms with Crippen LogP contribution in [0, 0.1) is 5.82 Å². The molecular weight excluding hydrogens is 285 g/mol. The fourth-order valence-electron chi connectivity index (χ4n) is 1.55. The van der Waals surface area contributed by atoms with Crippen molar-refractivity contribution in [2.75, 3.05) is 5.32 Å². The minimum absolute atomic E-state index is 0.288. The van der Waals surface area contributed by atoms with Crippen LogP contribution < -0.4 is 10.7 Å². The van der Waals surface area contributed by atoms with Gasteiger partial charge >= 0.3 is 0 Å². The van der Waals surface area contributed by atoms with Crippen molar-refractivity contribution in [3.05, 3.63) is 72.1 Å². The Kier molecular flexibility index (Phi) is 5.60. The Morgan fingerprint density at radius 2 is 1.76 bits per heavy atom. The van der Waals surface area contributed by atoms with Gasteiger partial charge in [0.05, 0.1) is 0 Å². The van der Waals surface area contributed by atoms with Crippen LogP contribution in [0.1, 0.15) is 5.56 Å². The number of benzene rings is 2. The molecule has 0 spiro atoms. The molecule has 0 saturated carbocycles. The predicted octanol–water partition coefficient (Wildman–Crippen LogP) is 3.81. The number of anilines is 1. The summed E-state index contributed by atoms with van der Waals surface area (Å²) in [5.41, 5.74) is 4.47. The van der Waals surface area contributed by atoms with Crippen molar-refractivity contribution in [2.24, 2.45) is 5.10 Å². The summed E-state index contributed by atoms with van der Waals surface area (Å²) in [5, 5.41) is 7.19. The first-order chi connectivity index (χ1) is 10.2. The van der Waals surface area contributed by atoms with E-state index in [-0.39, 0.29) is 5.82 Å². The zero-order valence-electron chi connectivity index (χ0n) is 11.2. The van der Waals surface area contributed by atoms with Gasteiger partial charge in [0.2, 0.25) is 0 Å². The molecule has 0 aliphatic heterocycles. The summed E-state index contributed by atoms with van der Waals surface area (Å²) >= 11 is 5.06. The number of nitrogens with zero attached hydrogens (tertiary/aromatic N) is 1. The highest BCUT2D eigenvalue weighted by atomic mass is 32.1. The van der Waals surface area contributed by atoms with Crippen LogP contribution in [-0.4, -0.2) is 11.3 Å². The second-order valence-corrected chi connectivity index (χ2v) is 4.53. The molecule has 0 saturated heterocycles. The third-order valence-electron chi connectivity index (χ3n) is 2.52. The molecule has 0 fully saturated rings. The van der Waals surface area contributed by atoms with Crippen molar-refractivity contribution in [2.45, 2.75) is 0 Å². The van der Waals surface area contributed by atoms with Crippen LogP contribution in [-0.2, 0) is 0 Å². The normalized spacial score (nSPS) is 10.9. The summed E-state index contributed by atoms with van der Waals surface area (Å²) in [5.74, 6) is -0.288. The molecular formula is C16H14FN3S. The number of halogens is 1. The molecule has 0 heterocycles. The quantitative estimate of drug-likeness (QED) is 0.512. The minimum Gasteiger partial charge on any atom is -0.331 e. The number of nitrogens with one attached hydrogen (secondary N) is 2. The monoisotopic (exact) mass is 299 g/mol. The molecule has 2 aromatic rings. The summed E-state index contributed by atoms with van der Waals surface area (Å²) in [4.78, 5) is 0. The molecule has 3 nitrogen and oxygen atoms in total. The maximum atomic E-state index is 12.7. The van der Waals surface area contributed by atoms with Crippen LogP contribution in [0.2, 0.25) is 0 Å². The Bertz CT molecular complexity index is 636. The SMILES string of the molecule is Fc1ccc(NC(=S)N/N=C\C=C\c2ccccc2)cc1. The molecule has 0 aliphatic carbocycles. The Hall–Kier alpha value is -2.53. The largest absolute Gasteiger partial charge is 0.331 e. The first-order valence-electron chi connectivity index (χ1n) is 6.31. The molecule has 2 N–H and O–H groups in total. The first kappa shape index (κ1) is 14.9. The van der Waals surface area contributed by atoms with E-state index in [2.05, 4.69) is 15.8 Å². The molecule has 0 bridgehead atoms. The minimum atomic E-state index is -0.288. The van der Waals surface area contributed by atoms with Crippen LogP contribution in [0.25, 0.3) is 6.08 Å². The lowest BCUT2D eigenvalue weighted by Crippen LogP contribution is -2.23. The maximum Gasteiger partial charge on any atom is 0.191 e. The van der Waals surface area contributed by atoms with Crippen LogP contribution >= 0.6 is 12.2 Å². The zero-order valence-corrected chi connectivity index (χ0v) is 12.0. The smallest absolute Gasteiger partial charge is 0.191 e. The summed E-state index contributed by atoms with van der Waals surface area (Å²) in [6.07, 6.45) is 5.34. The number of allylic oxidation sites excluding steroid dienone is 1. The Morgan fingerprint density at radius 1 is 1.05 bits per heavy atom. The lowest BCUT2D eigenvalue weighted by atomic mass is 10.2. The summed E-state index contributed by atoms with van der Waals surface area (Å²) in [7, 11) is 0. The molecule has 21 heavy (non-hydrogen) atoms. The lowest BCUT2D eigenvalue weighted by Gasteiger charge is -2.05. The van der Waals surface area contributed by atoms with Crippen LogP contribution in [0.4, 0.5) is 10.1 Å². The van der Waals surface area contributed by atoms with Gasteiger partial charge < -0.3 is 5.32 Å². The van der Waals surface area contributed by atoms with Crippen LogP contribution in [0.15, 0.2) is 65.8 Å². The summed E-state index contributed by atoms with van der Waals surface area (Å²) in [6.45, 7) is 0. The standard InChI is InChI=1S/C16H14FN3S/c17-14-8-10-15(11-9-14)19-16(21)20-18-12-4-7-13-5-2-1-3-6-13/h1-12H,(H2,19,20,21)/b7-4+,18-12-. The molecule has 0 amide bonds. The molecule has 0 radical (unpaired) electrons. The molecule has 0 unspecified atom stereocenters. The van der Waals surface area contributed by atoms with Gasteiger partial charge in [0.1, 0.15) is 5.82 Å². The third kappa shape index (κ3) is 5.54. The Morgan fingerprint density at radius 3 is 2.48 bits per heavy atom. The Balaban J connectivity index is 1.77. The fraction of sp³-hybridized carbons (Fsp3) is 0. The first-order valence-corrected chi connectivity index (χ1v) is 6.72. The molecule has 106 valence electrons. The van der Waals surface area contributed by atoms with Gasteiger partial charge in [0.25, 0.3) is 0 Å². The highest BCUT2D eigenvalue weighted by Crippen LogP contribution is 2.07. The number of hydrazone groups is 1. The van der Waals surface area contributed by atoms with E-state index in [0.29, 0.717) is 10.8 Å². The fourth-order valence-corrected chi connectivity index (χ4v) is 1.72. The second-order valence-electron chi connectivity index (χ2n) is 4.12. The molecule has 2 rings (SSSR count). The van der Waals surface area contributed by atoms with Gasteiger partial charge in [0, 0.05) is 11.9 Å². The molecule has 0 aliphatic rings. The second kappa shape index (κ2) is 7.91. The molecule has 0 aromatic heterocycles. The number of hydrogen-bond acceptors (Lipinski definition) is 2. The maximum absolute atomic E-state index is 12.7. The average molecular weight is 299 g/mol. The molecule has 2 aromatic carbocycles. The summed E-state index contributed by atoms with van der Waals surface area (Å²) < 4.78 is 12.7. The van der Waals surface area contributed by atoms with Gasteiger partial charge in [-0.3, -0.25) is 5.43 Å². The van der Waals surface area contributed by atoms with E-state index < -0.39 is 0 Å². The van der Waals surface area contributed by atoms with Crippen LogP contribution in [0.5, 0.6) is 0 Å². The third-order valence-corrected chi connectivity index (χ3v) is 2.71. The van der Waals surface area contributed by atoms with E-state index in [0.717, 1.165) is 5.56 Å². The number of hydrogen-bond donors (Lipinski definition) is 2. The van der Waals surface area contributed by atoms with Gasteiger partial charge in [-0.15, -0.1) is 0 Å². The Labute approximate surface area is 128 Å². The van der Waals surface area contributed by atoms with E-state index in [1.54, 1.807) is 18.3 Å². The average Bonchev–Trinajstić information content (AvgIpc) is 2.50. The topological polar surface area (TPSA) is 36.4 Å². The lowest BCUT2D eigenvalue weighted by molar-refractivity contribution is 0.628. The zero-order chi connectivity index (χ0) is 14.9. The summed E-state index contributed by atoms with van der Waals surface area (Å²) in [6, 6.07) is 15.8. The number of rotatable bonds is 4. The highest BCUT2D eigenvalue weighted by molar-refractivity contribution is 7.80. The van der Waals surface area contributed by atoms with Crippen molar-refractivity contribution in [1.29, 1.82) is 0 Å². The van der Waals surface area contributed by atoms with Gasteiger partial charge in [-0.25, -0.2) is 4.39 Å². The van der Waals surface area contributed by atoms with Crippen molar-refractivity contribution < 1.29 is 4.39 Å². The van der Waals surface area contributed by atoms with E-state index in [1.807, 2.05) is 42.5 Å². The van der Waals surface area contributed by atoms with Crippen molar-refractivity contribution in [3.8, 4) is 0 Å². The predicted molar refractivity (Wildman–Crippen MR) is 89.7 cm³/mol. The van der Waals surface area contributed by atoms with Crippen molar-refractivity contribution >= 4 is 35.3 Å². The molecule has 0 atom stereocenters. The van der Waals surface area contributed by atoms with E-state index in [4.69, 9.17) is 12.2 Å². The highest BCUT2D eigenvalue weighted by Gasteiger charge is 1.95. The van der Waals surface area contributed by atoms with E-state index in [1.165, 1.54) is 12.1 Å². The van der Waals surface area contributed by atoms with E-state index in [9.17, 15) is 4.39 Å². The van der Waals surface area contributed by atoms with E-state index >= 15 is 0 Å². The van der Waals surface area contributed by atoms with Crippen LogP contribution in [0.3, 0.4) is 0 Å². The van der Waals surface area contributed by atoms with Crippen molar-refractivity contribution in [1.82, 2.24) is 5.43 Å². The van der Waals surface area contributed by atoms with Gasteiger partial charge in [0.15, 0.2) is 5.11 Å². The van der Waals surface area contributed by atoms with Gasteiger partial charge in [-0.05, 0) is 48.1 Å². The van der Waals surface area contributed by atoms with Crippen molar-refractivity contribution in [3.63, 3.8) is 0 Å². The molecule has 5 heteroatoms. The number of thiocarbonyl (C=S) groups is 1. The van der Waals surface area contributed by atoms with Gasteiger partial charge in [-0.1, -0.05) is 36.4 Å². The van der Waals surface area contributed by atoms with Gasteiger partial charge in [-0.2, -0.15) is 5.10 Å².